The van der Waals surface area contributed by atoms with Crippen LogP contribution in [0.4, 0.5) is 0 Å². The molecule has 3 heteroatoms. The van der Waals surface area contributed by atoms with Crippen LogP contribution in [0, 0.1) is 0 Å². The van der Waals surface area contributed by atoms with E-state index in [-0.39, 0.29) is 12.4 Å². The second-order valence-corrected chi connectivity index (χ2v) is 4.41. The molecule has 0 saturated heterocycles. The molecule has 2 aromatic carbocycles. The average molecular weight is 264 g/mol. The maximum Gasteiger partial charge on any atom is 0.120 e. The van der Waals surface area contributed by atoms with Gasteiger partial charge in [0, 0.05) is 12.1 Å². The number of halogens is 1. The quantitative estimate of drug-likeness (QED) is 0.916. The first-order valence-corrected chi connectivity index (χ1v) is 5.69. The van der Waals surface area contributed by atoms with Gasteiger partial charge in [0.2, 0.25) is 0 Å². The maximum absolute atomic E-state index is 9.97. The molecule has 2 nitrogen and oxygen atoms in total. The highest BCUT2D eigenvalue weighted by Gasteiger charge is 2.09. The van der Waals surface area contributed by atoms with Gasteiger partial charge in [0.25, 0.3) is 0 Å². The van der Waals surface area contributed by atoms with Crippen LogP contribution in [0.25, 0.3) is 11.1 Å². The molecule has 0 saturated carbocycles. The number of phenols is 1. The van der Waals surface area contributed by atoms with Crippen molar-refractivity contribution in [3.63, 3.8) is 0 Å². The largest absolute Gasteiger partial charge is 0.508 e. The first-order chi connectivity index (χ1) is 8.18. The SMILES string of the molecule is CN(C)Cc1c(O)cccc1-c1ccccc1.Cl. The van der Waals surface area contributed by atoms with E-state index in [1.54, 1.807) is 6.07 Å². The van der Waals surface area contributed by atoms with E-state index >= 15 is 0 Å². The first-order valence-electron chi connectivity index (χ1n) is 5.69. The molecule has 0 radical (unpaired) electrons. The van der Waals surface area contributed by atoms with Gasteiger partial charge in [-0.2, -0.15) is 0 Å². The monoisotopic (exact) mass is 263 g/mol. The summed E-state index contributed by atoms with van der Waals surface area (Å²) in [5, 5.41) is 9.97. The summed E-state index contributed by atoms with van der Waals surface area (Å²) in [6.07, 6.45) is 0. The third-order valence-corrected chi connectivity index (χ3v) is 2.71. The van der Waals surface area contributed by atoms with Gasteiger partial charge in [-0.25, -0.2) is 0 Å². The second kappa shape index (κ2) is 6.43. The molecule has 0 aliphatic rings. The number of phenolic OH excluding ortho intramolecular Hbond substituents is 1. The maximum atomic E-state index is 9.97. The molecule has 18 heavy (non-hydrogen) atoms. The molecule has 96 valence electrons. The van der Waals surface area contributed by atoms with Crippen LogP contribution in [0.3, 0.4) is 0 Å². The zero-order valence-electron chi connectivity index (χ0n) is 10.6. The second-order valence-electron chi connectivity index (χ2n) is 4.41. The Kier molecular flexibility index (Phi) is 5.20. The molecule has 0 atom stereocenters. The summed E-state index contributed by atoms with van der Waals surface area (Å²) < 4.78 is 0. The van der Waals surface area contributed by atoms with E-state index in [9.17, 15) is 5.11 Å². The van der Waals surface area contributed by atoms with Gasteiger partial charge < -0.3 is 10.0 Å². The average Bonchev–Trinajstić information content (AvgIpc) is 2.32. The van der Waals surface area contributed by atoms with Crippen LogP contribution in [0.1, 0.15) is 5.56 Å². The fourth-order valence-corrected chi connectivity index (χ4v) is 1.95. The molecule has 0 aliphatic carbocycles. The minimum absolute atomic E-state index is 0. The highest BCUT2D eigenvalue weighted by Crippen LogP contribution is 2.30. The van der Waals surface area contributed by atoms with Gasteiger partial charge in [-0.15, -0.1) is 12.4 Å². The molecule has 0 spiro atoms. The molecule has 0 unspecified atom stereocenters. The molecule has 1 N–H and O–H groups in total. The summed E-state index contributed by atoms with van der Waals surface area (Å²) in [6.45, 7) is 0.733. The first kappa shape index (κ1) is 14.6. The fraction of sp³-hybridized carbons (Fsp3) is 0.200. The van der Waals surface area contributed by atoms with Crippen LogP contribution in [0.5, 0.6) is 5.75 Å². The molecular weight excluding hydrogens is 246 g/mol. The van der Waals surface area contributed by atoms with Crippen molar-refractivity contribution in [2.45, 2.75) is 6.54 Å². The van der Waals surface area contributed by atoms with Crippen molar-refractivity contribution in [1.82, 2.24) is 4.90 Å². The number of hydrogen-bond donors (Lipinski definition) is 1. The predicted octanol–water partition coefficient (Wildman–Crippen LogP) is 3.54. The Balaban J connectivity index is 0.00000162. The standard InChI is InChI=1S/C15H17NO.ClH/c1-16(2)11-14-13(9-6-10-15(14)17)12-7-4-3-5-8-12;/h3-10,17H,11H2,1-2H3;1H. The number of aromatic hydroxyl groups is 1. The van der Waals surface area contributed by atoms with Crippen LogP contribution in [-0.4, -0.2) is 24.1 Å². The van der Waals surface area contributed by atoms with Gasteiger partial charge in [0.1, 0.15) is 5.75 Å². The van der Waals surface area contributed by atoms with Crippen molar-refractivity contribution in [3.8, 4) is 16.9 Å². The highest BCUT2D eigenvalue weighted by molar-refractivity contribution is 5.85. The van der Waals surface area contributed by atoms with Crippen LogP contribution >= 0.6 is 12.4 Å². The van der Waals surface area contributed by atoms with Gasteiger partial charge in [0.15, 0.2) is 0 Å². The van der Waals surface area contributed by atoms with Crippen molar-refractivity contribution in [1.29, 1.82) is 0 Å². The van der Waals surface area contributed by atoms with Crippen molar-refractivity contribution in [3.05, 3.63) is 54.1 Å². The fourth-order valence-electron chi connectivity index (χ4n) is 1.95. The topological polar surface area (TPSA) is 23.5 Å². The zero-order valence-corrected chi connectivity index (χ0v) is 11.4. The predicted molar refractivity (Wildman–Crippen MR) is 78.2 cm³/mol. The highest BCUT2D eigenvalue weighted by atomic mass is 35.5. The smallest absolute Gasteiger partial charge is 0.120 e. The van der Waals surface area contributed by atoms with E-state index in [0.29, 0.717) is 5.75 Å². The molecule has 0 heterocycles. The summed E-state index contributed by atoms with van der Waals surface area (Å²) >= 11 is 0. The Morgan fingerprint density at radius 2 is 1.61 bits per heavy atom. The molecule has 0 aliphatic heterocycles. The van der Waals surface area contributed by atoms with Gasteiger partial charge >= 0.3 is 0 Å². The minimum Gasteiger partial charge on any atom is -0.508 e. The Hall–Kier alpha value is -1.51. The van der Waals surface area contributed by atoms with Crippen molar-refractivity contribution >= 4 is 12.4 Å². The molecule has 0 aromatic heterocycles. The lowest BCUT2D eigenvalue weighted by atomic mass is 9.98. The van der Waals surface area contributed by atoms with E-state index in [1.165, 1.54) is 0 Å². The van der Waals surface area contributed by atoms with Gasteiger partial charge in [-0.3, -0.25) is 0 Å². The summed E-state index contributed by atoms with van der Waals surface area (Å²) in [4.78, 5) is 2.06. The van der Waals surface area contributed by atoms with E-state index in [1.807, 2.05) is 44.4 Å². The van der Waals surface area contributed by atoms with E-state index in [2.05, 4.69) is 17.0 Å². The van der Waals surface area contributed by atoms with E-state index in [0.717, 1.165) is 23.2 Å². The van der Waals surface area contributed by atoms with Crippen LogP contribution in [-0.2, 0) is 6.54 Å². The normalized spacial score (nSPS) is 10.2. The Bertz CT molecular complexity index is 497. The number of benzene rings is 2. The summed E-state index contributed by atoms with van der Waals surface area (Å²) in [5.41, 5.74) is 3.21. The number of rotatable bonds is 3. The van der Waals surface area contributed by atoms with Crippen molar-refractivity contribution in [2.24, 2.45) is 0 Å². The van der Waals surface area contributed by atoms with Gasteiger partial charge in [-0.1, -0.05) is 42.5 Å². The van der Waals surface area contributed by atoms with E-state index in [4.69, 9.17) is 0 Å². The van der Waals surface area contributed by atoms with Crippen molar-refractivity contribution < 1.29 is 5.11 Å². The summed E-state index contributed by atoms with van der Waals surface area (Å²) in [7, 11) is 4.00. The molecular formula is C15H18ClNO. The van der Waals surface area contributed by atoms with Gasteiger partial charge in [0.05, 0.1) is 0 Å². The Morgan fingerprint density at radius 3 is 2.22 bits per heavy atom. The third kappa shape index (κ3) is 3.25. The lowest BCUT2D eigenvalue weighted by molar-refractivity contribution is 0.386. The van der Waals surface area contributed by atoms with Crippen LogP contribution in [0.2, 0.25) is 0 Å². The molecule has 0 bridgehead atoms. The lowest BCUT2D eigenvalue weighted by Gasteiger charge is -2.15. The lowest BCUT2D eigenvalue weighted by Crippen LogP contribution is -2.11. The molecule has 0 fully saturated rings. The Labute approximate surface area is 114 Å². The summed E-state index contributed by atoms with van der Waals surface area (Å²) in [6, 6.07) is 15.8. The van der Waals surface area contributed by atoms with Crippen LogP contribution < -0.4 is 0 Å². The molecule has 0 amide bonds. The van der Waals surface area contributed by atoms with E-state index < -0.39 is 0 Å². The zero-order chi connectivity index (χ0) is 12.3. The third-order valence-electron chi connectivity index (χ3n) is 2.71. The molecule has 2 aromatic rings. The minimum atomic E-state index is 0. The Morgan fingerprint density at radius 1 is 0.944 bits per heavy atom. The molecule has 2 rings (SSSR count). The van der Waals surface area contributed by atoms with Crippen LogP contribution in [0.15, 0.2) is 48.5 Å². The number of hydrogen-bond acceptors (Lipinski definition) is 2. The summed E-state index contributed by atoms with van der Waals surface area (Å²) in [5.74, 6) is 0.361. The van der Waals surface area contributed by atoms with Crippen molar-refractivity contribution in [2.75, 3.05) is 14.1 Å². The van der Waals surface area contributed by atoms with Gasteiger partial charge in [-0.05, 0) is 31.3 Å². The number of nitrogens with zero attached hydrogens (tertiary/aromatic N) is 1.